The summed E-state index contributed by atoms with van der Waals surface area (Å²) in [7, 11) is -3.66. The van der Waals surface area contributed by atoms with Gasteiger partial charge in [0, 0.05) is 25.5 Å². The van der Waals surface area contributed by atoms with Crippen molar-refractivity contribution in [3.05, 3.63) is 41.5 Å². The van der Waals surface area contributed by atoms with E-state index in [9.17, 15) is 22.8 Å². The number of hydrogen-bond donors (Lipinski definition) is 2. The van der Waals surface area contributed by atoms with Gasteiger partial charge < -0.3 is 15.8 Å². The molecule has 2 amide bonds. The first-order valence-corrected chi connectivity index (χ1v) is 11.3. The molecule has 1 aliphatic rings. The molecule has 0 aromatic carbocycles. The molecule has 0 spiro atoms. The quantitative estimate of drug-likeness (QED) is 0.591. The Morgan fingerprint density at radius 1 is 1.27 bits per heavy atom. The Balaban J connectivity index is 1.48. The molecule has 1 saturated heterocycles. The number of rotatable bonds is 7. The van der Waals surface area contributed by atoms with E-state index in [2.05, 4.69) is 10.3 Å². The number of amides is 2. The van der Waals surface area contributed by atoms with Crippen molar-refractivity contribution < 1.29 is 27.5 Å². The number of nitrogens with one attached hydrogen (secondary N) is 1. The first-order valence-electron chi connectivity index (χ1n) is 9.03. The van der Waals surface area contributed by atoms with Crippen LogP contribution in [-0.4, -0.2) is 55.2 Å². The zero-order valence-electron chi connectivity index (χ0n) is 15.8. The molecular formula is C18H20N4O6S2. The highest BCUT2D eigenvalue weighted by Gasteiger charge is 2.33. The van der Waals surface area contributed by atoms with Crippen molar-refractivity contribution in [2.75, 3.05) is 25.0 Å². The number of ether oxygens (including phenoxy) is 1. The molecule has 3 rings (SSSR count). The van der Waals surface area contributed by atoms with Crippen molar-refractivity contribution in [2.45, 2.75) is 17.7 Å². The van der Waals surface area contributed by atoms with Crippen LogP contribution in [0.25, 0.3) is 0 Å². The molecule has 0 saturated carbocycles. The smallest absolute Gasteiger partial charge is 0.309 e. The van der Waals surface area contributed by atoms with Crippen molar-refractivity contribution in [3.8, 4) is 0 Å². The van der Waals surface area contributed by atoms with Gasteiger partial charge in [-0.05, 0) is 36.4 Å². The number of hydrogen-bond acceptors (Lipinski definition) is 8. The fourth-order valence-corrected chi connectivity index (χ4v) is 5.24. The molecule has 12 heteroatoms. The minimum Gasteiger partial charge on any atom is -0.455 e. The molecular weight excluding hydrogens is 432 g/mol. The largest absolute Gasteiger partial charge is 0.455 e. The summed E-state index contributed by atoms with van der Waals surface area (Å²) in [5.74, 6) is -2.33. The summed E-state index contributed by atoms with van der Waals surface area (Å²) in [5, 5.41) is 4.38. The maximum absolute atomic E-state index is 12.6. The summed E-state index contributed by atoms with van der Waals surface area (Å²) in [6, 6.07) is 4.51. The number of thiophene rings is 1. The average molecular weight is 453 g/mol. The minimum absolute atomic E-state index is 0.103. The maximum atomic E-state index is 12.6. The fourth-order valence-electron chi connectivity index (χ4n) is 3.00. The first kappa shape index (κ1) is 21.9. The lowest BCUT2D eigenvalue weighted by Gasteiger charge is -2.29. The number of pyridine rings is 1. The Kier molecular flexibility index (Phi) is 6.80. The van der Waals surface area contributed by atoms with Gasteiger partial charge in [-0.2, -0.15) is 4.31 Å². The molecule has 30 heavy (non-hydrogen) atoms. The van der Waals surface area contributed by atoms with E-state index in [1.807, 2.05) is 0 Å². The van der Waals surface area contributed by atoms with Crippen LogP contribution in [-0.2, 0) is 24.3 Å². The molecule has 0 radical (unpaired) electrons. The number of carbonyl (C=O) groups excluding carboxylic acids is 3. The third-order valence-corrected chi connectivity index (χ3v) is 7.30. The van der Waals surface area contributed by atoms with Crippen LogP contribution in [0, 0.1) is 5.92 Å². The Morgan fingerprint density at radius 2 is 2.00 bits per heavy atom. The number of sulfonamides is 1. The van der Waals surface area contributed by atoms with E-state index in [0.717, 1.165) is 11.3 Å². The average Bonchev–Trinajstić information content (AvgIpc) is 3.21. The highest BCUT2D eigenvalue weighted by molar-refractivity contribution is 7.89. The first-order chi connectivity index (χ1) is 14.3. The van der Waals surface area contributed by atoms with Gasteiger partial charge >= 0.3 is 5.97 Å². The number of piperidine rings is 1. The highest BCUT2D eigenvalue weighted by Crippen LogP contribution is 2.25. The standard InChI is InChI=1S/C18H20N4O6S2/c19-16(24)14-5-9-29-17(14)21-15(23)11-28-18(25)12-3-7-22(8-4-12)30(26,27)13-2-1-6-20-10-13/h1-2,5-6,9-10,12H,3-4,7-8,11H2,(H2,19,24)(H,21,23). The van der Waals surface area contributed by atoms with Gasteiger partial charge in [-0.1, -0.05) is 0 Å². The normalized spacial score (nSPS) is 15.5. The van der Waals surface area contributed by atoms with Gasteiger partial charge in [0.15, 0.2) is 6.61 Å². The number of primary amides is 1. The summed E-state index contributed by atoms with van der Waals surface area (Å²) in [5.41, 5.74) is 5.40. The topological polar surface area (TPSA) is 149 Å². The molecule has 2 aromatic rings. The van der Waals surface area contributed by atoms with Crippen LogP contribution >= 0.6 is 11.3 Å². The molecule has 3 heterocycles. The summed E-state index contributed by atoms with van der Waals surface area (Å²) >= 11 is 1.13. The van der Waals surface area contributed by atoms with Crippen LogP contribution in [0.1, 0.15) is 23.2 Å². The second-order valence-electron chi connectivity index (χ2n) is 6.55. The van der Waals surface area contributed by atoms with E-state index in [0.29, 0.717) is 0 Å². The minimum atomic E-state index is -3.66. The Bertz CT molecular complexity index is 1030. The molecule has 1 fully saturated rings. The lowest BCUT2D eigenvalue weighted by Crippen LogP contribution is -2.41. The molecule has 0 unspecified atom stereocenters. The van der Waals surface area contributed by atoms with Gasteiger partial charge in [0.1, 0.15) is 9.90 Å². The zero-order valence-corrected chi connectivity index (χ0v) is 17.4. The number of aromatic nitrogens is 1. The Labute approximate surface area is 177 Å². The second kappa shape index (κ2) is 9.32. The van der Waals surface area contributed by atoms with Crippen LogP contribution < -0.4 is 11.1 Å². The van der Waals surface area contributed by atoms with Crippen LogP contribution in [0.5, 0.6) is 0 Å². The molecule has 3 N–H and O–H groups in total. The van der Waals surface area contributed by atoms with Crippen molar-refractivity contribution in [2.24, 2.45) is 11.7 Å². The zero-order chi connectivity index (χ0) is 21.7. The van der Waals surface area contributed by atoms with E-state index in [1.54, 1.807) is 11.4 Å². The van der Waals surface area contributed by atoms with Crippen molar-refractivity contribution in [1.82, 2.24) is 9.29 Å². The third kappa shape index (κ3) is 5.01. The number of esters is 1. The van der Waals surface area contributed by atoms with E-state index >= 15 is 0 Å². The van der Waals surface area contributed by atoms with Gasteiger partial charge in [0.2, 0.25) is 10.0 Å². The Hall–Kier alpha value is -2.83. The van der Waals surface area contributed by atoms with Crippen LogP contribution in [0.15, 0.2) is 40.9 Å². The monoisotopic (exact) mass is 452 g/mol. The van der Waals surface area contributed by atoms with Gasteiger partial charge in [0.05, 0.1) is 11.5 Å². The molecule has 0 aliphatic carbocycles. The number of nitrogens with two attached hydrogens (primary N) is 1. The van der Waals surface area contributed by atoms with Crippen LogP contribution in [0.3, 0.4) is 0 Å². The summed E-state index contributed by atoms with van der Waals surface area (Å²) < 4.78 is 31.5. The summed E-state index contributed by atoms with van der Waals surface area (Å²) in [4.78, 5) is 39.4. The van der Waals surface area contributed by atoms with E-state index in [-0.39, 0.29) is 41.4 Å². The van der Waals surface area contributed by atoms with Crippen molar-refractivity contribution in [3.63, 3.8) is 0 Å². The summed E-state index contributed by atoms with van der Waals surface area (Å²) in [6.07, 6.45) is 3.35. The maximum Gasteiger partial charge on any atom is 0.309 e. The van der Waals surface area contributed by atoms with Gasteiger partial charge in [0.25, 0.3) is 11.8 Å². The molecule has 0 atom stereocenters. The second-order valence-corrected chi connectivity index (χ2v) is 9.40. The molecule has 160 valence electrons. The van der Waals surface area contributed by atoms with Gasteiger partial charge in [-0.15, -0.1) is 11.3 Å². The van der Waals surface area contributed by atoms with E-state index < -0.39 is 40.3 Å². The number of nitrogens with zero attached hydrogens (tertiary/aromatic N) is 2. The predicted octanol–water partition coefficient (Wildman–Crippen LogP) is 0.825. The van der Waals surface area contributed by atoms with Crippen molar-refractivity contribution >= 4 is 44.1 Å². The molecule has 2 aromatic heterocycles. The van der Waals surface area contributed by atoms with Crippen molar-refractivity contribution in [1.29, 1.82) is 0 Å². The molecule has 1 aliphatic heterocycles. The molecule has 0 bridgehead atoms. The lowest BCUT2D eigenvalue weighted by molar-refractivity contribution is -0.152. The number of carbonyl (C=O) groups is 3. The van der Waals surface area contributed by atoms with Crippen LogP contribution in [0.4, 0.5) is 5.00 Å². The SMILES string of the molecule is NC(=O)c1ccsc1NC(=O)COC(=O)C1CCN(S(=O)(=O)c2cccnc2)CC1. The highest BCUT2D eigenvalue weighted by atomic mass is 32.2. The number of anilines is 1. The van der Waals surface area contributed by atoms with Gasteiger partial charge in [-0.25, -0.2) is 8.42 Å². The molecule has 10 nitrogen and oxygen atoms in total. The fraction of sp³-hybridized carbons (Fsp3) is 0.333. The predicted molar refractivity (Wildman–Crippen MR) is 108 cm³/mol. The van der Waals surface area contributed by atoms with Crippen LogP contribution in [0.2, 0.25) is 0 Å². The van der Waals surface area contributed by atoms with Gasteiger partial charge in [-0.3, -0.25) is 19.4 Å². The Morgan fingerprint density at radius 3 is 2.63 bits per heavy atom. The van der Waals surface area contributed by atoms with E-state index in [1.165, 1.54) is 28.8 Å². The van der Waals surface area contributed by atoms with E-state index in [4.69, 9.17) is 10.5 Å². The third-order valence-electron chi connectivity index (χ3n) is 4.59. The lowest BCUT2D eigenvalue weighted by atomic mass is 9.98. The summed E-state index contributed by atoms with van der Waals surface area (Å²) in [6.45, 7) is -0.177.